The number of carbonyl (C=O) groups is 2. The Balaban J connectivity index is 1.39. The van der Waals surface area contributed by atoms with Gasteiger partial charge in [-0.2, -0.15) is 0 Å². The van der Waals surface area contributed by atoms with Crippen LogP contribution in [0.3, 0.4) is 0 Å². The maximum atomic E-state index is 13.7. The number of hydrogen-bond acceptors (Lipinski definition) is 6. The SMILES string of the molecule is CCOc1cc(/C=C2/SC(=Nc3ccccc3)N(c3ccccc3)C2=O)cc(Br)c1OCC(=O)Nc1ccc(Cl)c(Cl)c1. The summed E-state index contributed by atoms with van der Waals surface area (Å²) in [7, 11) is 0. The van der Waals surface area contributed by atoms with Crippen LogP contribution in [-0.2, 0) is 9.59 Å². The van der Waals surface area contributed by atoms with E-state index in [2.05, 4.69) is 21.2 Å². The summed E-state index contributed by atoms with van der Waals surface area (Å²) in [5.74, 6) is 0.188. The first-order valence-corrected chi connectivity index (χ1v) is 15.5. The molecule has 4 aromatic carbocycles. The third-order valence-electron chi connectivity index (χ3n) is 5.98. The first kappa shape index (κ1) is 30.7. The molecule has 0 unspecified atom stereocenters. The lowest BCUT2D eigenvalue weighted by molar-refractivity contribution is -0.118. The number of amides is 2. The molecule has 0 bridgehead atoms. The second-order valence-corrected chi connectivity index (χ2v) is 11.7. The van der Waals surface area contributed by atoms with Gasteiger partial charge in [-0.1, -0.05) is 59.6 Å². The van der Waals surface area contributed by atoms with Gasteiger partial charge in [0, 0.05) is 5.69 Å². The molecule has 2 amide bonds. The number of nitrogens with one attached hydrogen (secondary N) is 1. The van der Waals surface area contributed by atoms with Gasteiger partial charge in [0.15, 0.2) is 23.3 Å². The van der Waals surface area contributed by atoms with Crippen LogP contribution in [0.1, 0.15) is 12.5 Å². The fraction of sp³-hybridized carbons (Fsp3) is 0.0938. The number of carbonyl (C=O) groups excluding carboxylic acids is 2. The van der Waals surface area contributed by atoms with Crippen molar-refractivity contribution in [2.45, 2.75) is 6.92 Å². The zero-order valence-electron chi connectivity index (χ0n) is 22.7. The number of anilines is 2. The van der Waals surface area contributed by atoms with E-state index in [1.807, 2.05) is 67.6 Å². The zero-order valence-corrected chi connectivity index (χ0v) is 26.6. The van der Waals surface area contributed by atoms with Crippen LogP contribution in [0.2, 0.25) is 10.0 Å². The summed E-state index contributed by atoms with van der Waals surface area (Å²) in [5, 5.41) is 3.99. The summed E-state index contributed by atoms with van der Waals surface area (Å²) in [4.78, 5) is 33.1. The largest absolute Gasteiger partial charge is 0.490 e. The molecule has 218 valence electrons. The minimum Gasteiger partial charge on any atom is -0.490 e. The average Bonchev–Trinajstić information content (AvgIpc) is 3.29. The normalized spacial score (nSPS) is 14.8. The van der Waals surface area contributed by atoms with E-state index >= 15 is 0 Å². The third-order valence-corrected chi connectivity index (χ3v) is 8.28. The van der Waals surface area contributed by atoms with Crippen LogP contribution >= 0.6 is 50.9 Å². The van der Waals surface area contributed by atoms with E-state index < -0.39 is 5.91 Å². The van der Waals surface area contributed by atoms with Gasteiger partial charge >= 0.3 is 0 Å². The van der Waals surface area contributed by atoms with Crippen molar-refractivity contribution in [3.63, 3.8) is 0 Å². The highest BCUT2D eigenvalue weighted by atomic mass is 79.9. The van der Waals surface area contributed by atoms with Gasteiger partial charge in [0.2, 0.25) is 0 Å². The number of ether oxygens (including phenoxy) is 2. The summed E-state index contributed by atoms with van der Waals surface area (Å²) >= 11 is 16.8. The Morgan fingerprint density at radius 1 is 0.977 bits per heavy atom. The van der Waals surface area contributed by atoms with Crippen molar-refractivity contribution in [2.75, 3.05) is 23.4 Å². The van der Waals surface area contributed by atoms with Crippen molar-refractivity contribution in [2.24, 2.45) is 4.99 Å². The Bertz CT molecular complexity index is 1720. The number of para-hydroxylation sites is 2. The molecule has 0 aromatic heterocycles. The molecule has 43 heavy (non-hydrogen) atoms. The Morgan fingerprint density at radius 2 is 1.70 bits per heavy atom. The highest BCUT2D eigenvalue weighted by Gasteiger charge is 2.34. The van der Waals surface area contributed by atoms with Gasteiger partial charge in [-0.05, 0) is 101 Å². The predicted octanol–water partition coefficient (Wildman–Crippen LogP) is 8.98. The summed E-state index contributed by atoms with van der Waals surface area (Å²) < 4.78 is 12.3. The summed E-state index contributed by atoms with van der Waals surface area (Å²) in [6.45, 7) is 1.93. The molecule has 4 aromatic rings. The van der Waals surface area contributed by atoms with E-state index in [1.54, 1.807) is 41.3 Å². The minimum atomic E-state index is -0.391. The highest BCUT2D eigenvalue weighted by molar-refractivity contribution is 9.10. The van der Waals surface area contributed by atoms with Gasteiger partial charge in [-0.3, -0.25) is 14.5 Å². The maximum Gasteiger partial charge on any atom is 0.271 e. The number of thioether (sulfide) groups is 1. The standard InChI is InChI=1S/C32H24BrCl2N3O4S/c1-2-41-27-16-20(15-24(33)30(27)42-19-29(39)36-22-13-14-25(34)26(35)18-22)17-28-31(40)38(23-11-7-4-8-12-23)32(43-28)37-21-9-5-3-6-10-21/h3-18H,2,19H2,1H3,(H,36,39)/b28-17+,37-32?. The van der Waals surface area contributed by atoms with Crippen LogP contribution in [0.25, 0.3) is 6.08 Å². The van der Waals surface area contributed by atoms with Crippen LogP contribution < -0.4 is 19.7 Å². The second kappa shape index (κ2) is 14.1. The molecule has 0 spiro atoms. The van der Waals surface area contributed by atoms with E-state index in [-0.39, 0.29) is 12.5 Å². The van der Waals surface area contributed by atoms with E-state index in [0.717, 1.165) is 11.4 Å². The molecule has 5 rings (SSSR count). The van der Waals surface area contributed by atoms with Crippen LogP contribution in [0.5, 0.6) is 11.5 Å². The number of benzene rings is 4. The lowest BCUT2D eigenvalue weighted by Crippen LogP contribution is -2.28. The third kappa shape index (κ3) is 7.61. The van der Waals surface area contributed by atoms with Gasteiger partial charge in [-0.25, -0.2) is 4.99 Å². The fourth-order valence-electron chi connectivity index (χ4n) is 4.10. The molecule has 1 fully saturated rings. The molecule has 1 saturated heterocycles. The first-order valence-electron chi connectivity index (χ1n) is 13.1. The van der Waals surface area contributed by atoms with Gasteiger partial charge in [-0.15, -0.1) is 0 Å². The molecule has 1 aliphatic rings. The molecular formula is C32H24BrCl2N3O4S. The van der Waals surface area contributed by atoms with Crippen molar-refractivity contribution in [3.8, 4) is 11.5 Å². The van der Waals surface area contributed by atoms with Crippen LogP contribution in [0.15, 0.2) is 105 Å². The van der Waals surface area contributed by atoms with Crippen molar-refractivity contribution in [1.82, 2.24) is 0 Å². The van der Waals surface area contributed by atoms with E-state index in [0.29, 0.717) is 53.9 Å². The maximum absolute atomic E-state index is 13.7. The number of halogens is 3. The number of amidine groups is 1. The first-order chi connectivity index (χ1) is 20.8. The fourth-order valence-corrected chi connectivity index (χ4v) is 5.97. The summed E-state index contributed by atoms with van der Waals surface area (Å²) in [5.41, 5.74) is 2.66. The Labute approximate surface area is 271 Å². The summed E-state index contributed by atoms with van der Waals surface area (Å²) in [6.07, 6.45) is 1.78. The quantitative estimate of drug-likeness (QED) is 0.177. The monoisotopic (exact) mass is 695 g/mol. The van der Waals surface area contributed by atoms with Gasteiger partial charge in [0.1, 0.15) is 0 Å². The summed E-state index contributed by atoms with van der Waals surface area (Å²) in [6, 6.07) is 27.3. The molecule has 1 aliphatic heterocycles. The minimum absolute atomic E-state index is 0.195. The molecule has 1 N–H and O–H groups in total. The van der Waals surface area contributed by atoms with E-state index in [9.17, 15) is 9.59 Å². The average molecular weight is 697 g/mol. The number of nitrogens with zero attached hydrogens (tertiary/aromatic N) is 2. The lowest BCUT2D eigenvalue weighted by Gasteiger charge is -2.15. The Morgan fingerprint density at radius 3 is 2.40 bits per heavy atom. The molecule has 0 aliphatic carbocycles. The van der Waals surface area contributed by atoms with Crippen LogP contribution in [0.4, 0.5) is 17.1 Å². The topological polar surface area (TPSA) is 80.2 Å². The van der Waals surface area contributed by atoms with E-state index in [1.165, 1.54) is 11.8 Å². The van der Waals surface area contributed by atoms with Crippen molar-refractivity contribution in [3.05, 3.63) is 116 Å². The molecule has 7 nitrogen and oxygen atoms in total. The smallest absolute Gasteiger partial charge is 0.271 e. The van der Waals surface area contributed by atoms with Crippen molar-refractivity contribution in [1.29, 1.82) is 0 Å². The number of hydrogen-bond donors (Lipinski definition) is 1. The Hall–Kier alpha value is -3.76. The molecule has 0 saturated carbocycles. The molecule has 11 heteroatoms. The number of aliphatic imine (C=N–C) groups is 1. The predicted molar refractivity (Wildman–Crippen MR) is 179 cm³/mol. The zero-order chi connectivity index (χ0) is 30.3. The second-order valence-electron chi connectivity index (χ2n) is 9.05. The van der Waals surface area contributed by atoms with Crippen LogP contribution in [-0.4, -0.2) is 30.2 Å². The lowest BCUT2D eigenvalue weighted by atomic mass is 10.1. The number of rotatable bonds is 9. The van der Waals surface area contributed by atoms with Gasteiger partial charge in [0.05, 0.1) is 37.4 Å². The van der Waals surface area contributed by atoms with Crippen molar-refractivity contribution < 1.29 is 19.1 Å². The molecule has 1 heterocycles. The van der Waals surface area contributed by atoms with E-state index in [4.69, 9.17) is 37.7 Å². The molecular weight excluding hydrogens is 673 g/mol. The highest BCUT2D eigenvalue weighted by Crippen LogP contribution is 2.41. The van der Waals surface area contributed by atoms with Crippen molar-refractivity contribution >= 4 is 91.0 Å². The Kier molecular flexibility index (Phi) is 10.1. The van der Waals surface area contributed by atoms with Gasteiger partial charge < -0.3 is 14.8 Å². The van der Waals surface area contributed by atoms with Gasteiger partial charge in [0.25, 0.3) is 11.8 Å². The molecule has 0 atom stereocenters. The van der Waals surface area contributed by atoms with Crippen LogP contribution in [0, 0.1) is 0 Å². The molecule has 0 radical (unpaired) electrons.